The summed E-state index contributed by atoms with van der Waals surface area (Å²) < 4.78 is 1.05. The molecule has 0 amide bonds. The molecule has 0 aromatic carbocycles. The first-order valence-corrected chi connectivity index (χ1v) is 8.93. The van der Waals surface area contributed by atoms with Crippen LogP contribution in [0, 0.1) is 0 Å². The lowest BCUT2D eigenvalue weighted by Gasteiger charge is -2.24. The summed E-state index contributed by atoms with van der Waals surface area (Å²) in [6.07, 6.45) is 12.4. The highest BCUT2D eigenvalue weighted by Crippen LogP contribution is 2.17. The monoisotopic (exact) mass is 340 g/mol. The normalized spacial score (nSPS) is 10.8. The van der Waals surface area contributed by atoms with Crippen molar-refractivity contribution >= 4 is 21.7 Å². The van der Waals surface area contributed by atoms with E-state index < -0.39 is 0 Å². The fourth-order valence-corrected chi connectivity index (χ4v) is 2.59. The smallest absolute Gasteiger partial charge is 0.128 e. The Bertz CT molecular complexity index is 325. The van der Waals surface area contributed by atoms with Crippen molar-refractivity contribution in [3.05, 3.63) is 22.8 Å². The van der Waals surface area contributed by atoms with E-state index in [-0.39, 0.29) is 0 Å². The van der Waals surface area contributed by atoms with Gasteiger partial charge in [-0.15, -0.1) is 0 Å². The zero-order chi connectivity index (χ0) is 14.6. The summed E-state index contributed by atoms with van der Waals surface area (Å²) in [6, 6.07) is 4.22. The molecule has 0 bridgehead atoms. The molecule has 1 rings (SSSR count). The highest BCUT2D eigenvalue weighted by atomic mass is 79.9. The molecular weight excluding hydrogens is 312 g/mol. The quantitative estimate of drug-likeness (QED) is 0.472. The van der Waals surface area contributed by atoms with Crippen LogP contribution in [0.5, 0.6) is 0 Å². The molecule has 0 saturated heterocycles. The molecule has 1 aromatic heterocycles. The van der Waals surface area contributed by atoms with Crippen LogP contribution >= 0.6 is 15.9 Å². The van der Waals surface area contributed by atoms with Crippen molar-refractivity contribution in [1.29, 1.82) is 0 Å². The molecule has 114 valence electrons. The Balaban J connectivity index is 2.47. The number of aromatic nitrogens is 1. The molecule has 0 radical (unpaired) electrons. The minimum absolute atomic E-state index is 1.05. The van der Waals surface area contributed by atoms with E-state index in [2.05, 4.69) is 51.8 Å². The van der Waals surface area contributed by atoms with E-state index in [0.29, 0.717) is 0 Å². The lowest BCUT2D eigenvalue weighted by Crippen LogP contribution is -2.26. The minimum atomic E-state index is 1.05. The summed E-state index contributed by atoms with van der Waals surface area (Å²) in [5.74, 6) is 1.13. The lowest BCUT2D eigenvalue weighted by molar-refractivity contribution is 0.605. The number of pyridine rings is 1. The molecule has 0 N–H and O–H groups in total. The van der Waals surface area contributed by atoms with Crippen molar-refractivity contribution in [2.45, 2.75) is 65.2 Å². The fourth-order valence-electron chi connectivity index (χ4n) is 2.35. The van der Waals surface area contributed by atoms with Crippen molar-refractivity contribution in [2.24, 2.45) is 0 Å². The van der Waals surface area contributed by atoms with Crippen LogP contribution in [0.15, 0.2) is 22.8 Å². The van der Waals surface area contributed by atoms with Crippen molar-refractivity contribution in [2.75, 3.05) is 18.0 Å². The van der Waals surface area contributed by atoms with E-state index in [0.717, 1.165) is 23.4 Å². The van der Waals surface area contributed by atoms with Crippen LogP contribution < -0.4 is 4.90 Å². The van der Waals surface area contributed by atoms with Crippen molar-refractivity contribution < 1.29 is 0 Å². The minimum Gasteiger partial charge on any atom is -0.357 e. The van der Waals surface area contributed by atoms with Crippen LogP contribution in [0.25, 0.3) is 0 Å². The fraction of sp³-hybridized carbons (Fsp3) is 0.706. The second kappa shape index (κ2) is 11.1. The Morgan fingerprint density at radius 2 is 1.50 bits per heavy atom. The zero-order valence-electron chi connectivity index (χ0n) is 13.1. The SMILES string of the molecule is CCCCCCN(CCCCCC)c1ccc(Br)cn1. The second-order valence-corrected chi connectivity index (χ2v) is 6.36. The number of unbranched alkanes of at least 4 members (excludes halogenated alkanes) is 6. The predicted octanol–water partition coefficient (Wildman–Crippen LogP) is 5.81. The zero-order valence-corrected chi connectivity index (χ0v) is 14.7. The molecule has 0 aliphatic rings. The Labute approximate surface area is 133 Å². The lowest BCUT2D eigenvalue weighted by atomic mass is 10.1. The summed E-state index contributed by atoms with van der Waals surface area (Å²) in [7, 11) is 0. The Hall–Kier alpha value is -0.570. The van der Waals surface area contributed by atoms with E-state index in [1.54, 1.807) is 0 Å². The first-order valence-electron chi connectivity index (χ1n) is 8.14. The van der Waals surface area contributed by atoms with E-state index in [9.17, 15) is 0 Å². The molecule has 0 saturated carbocycles. The first kappa shape index (κ1) is 17.5. The number of anilines is 1. The summed E-state index contributed by atoms with van der Waals surface area (Å²) in [4.78, 5) is 7.01. The van der Waals surface area contributed by atoms with Gasteiger partial charge in [0.05, 0.1) is 0 Å². The molecule has 3 heteroatoms. The average molecular weight is 341 g/mol. The molecule has 0 fully saturated rings. The van der Waals surface area contributed by atoms with Gasteiger partial charge in [-0.2, -0.15) is 0 Å². The predicted molar refractivity (Wildman–Crippen MR) is 92.4 cm³/mol. The molecule has 1 aromatic rings. The third-order valence-electron chi connectivity index (χ3n) is 3.60. The number of rotatable bonds is 11. The van der Waals surface area contributed by atoms with E-state index >= 15 is 0 Å². The van der Waals surface area contributed by atoms with Crippen molar-refractivity contribution in [3.8, 4) is 0 Å². The van der Waals surface area contributed by atoms with Gasteiger partial charge >= 0.3 is 0 Å². The largest absolute Gasteiger partial charge is 0.357 e. The van der Waals surface area contributed by atoms with Gasteiger partial charge in [0.15, 0.2) is 0 Å². The van der Waals surface area contributed by atoms with Crippen LogP contribution in [0.3, 0.4) is 0 Å². The van der Waals surface area contributed by atoms with Crippen LogP contribution in [-0.4, -0.2) is 18.1 Å². The maximum atomic E-state index is 4.56. The van der Waals surface area contributed by atoms with Gasteiger partial charge in [-0.05, 0) is 40.9 Å². The number of hydrogen-bond acceptors (Lipinski definition) is 2. The van der Waals surface area contributed by atoms with Gasteiger partial charge in [0, 0.05) is 23.8 Å². The Morgan fingerprint density at radius 1 is 0.900 bits per heavy atom. The third-order valence-corrected chi connectivity index (χ3v) is 4.07. The van der Waals surface area contributed by atoms with Gasteiger partial charge < -0.3 is 4.90 Å². The topological polar surface area (TPSA) is 16.1 Å². The third kappa shape index (κ3) is 7.28. The molecular formula is C17H29BrN2. The first-order chi connectivity index (χ1) is 9.77. The van der Waals surface area contributed by atoms with Crippen LogP contribution in [0.4, 0.5) is 5.82 Å². The van der Waals surface area contributed by atoms with E-state index in [4.69, 9.17) is 0 Å². The summed E-state index contributed by atoms with van der Waals surface area (Å²) >= 11 is 3.46. The summed E-state index contributed by atoms with van der Waals surface area (Å²) in [5, 5.41) is 0. The summed E-state index contributed by atoms with van der Waals surface area (Å²) in [5.41, 5.74) is 0. The van der Waals surface area contributed by atoms with E-state index in [1.807, 2.05) is 6.20 Å². The maximum Gasteiger partial charge on any atom is 0.128 e. The maximum absolute atomic E-state index is 4.56. The Kier molecular flexibility index (Phi) is 9.73. The number of nitrogens with zero attached hydrogens (tertiary/aromatic N) is 2. The number of hydrogen-bond donors (Lipinski definition) is 0. The van der Waals surface area contributed by atoms with E-state index in [1.165, 1.54) is 51.4 Å². The molecule has 0 aliphatic heterocycles. The molecule has 0 spiro atoms. The van der Waals surface area contributed by atoms with Gasteiger partial charge in [-0.25, -0.2) is 4.98 Å². The highest BCUT2D eigenvalue weighted by molar-refractivity contribution is 9.10. The standard InChI is InChI=1S/C17H29BrN2/c1-3-5-7-9-13-20(14-10-8-6-4-2)17-12-11-16(18)15-19-17/h11-12,15H,3-10,13-14H2,1-2H3. The molecule has 0 aliphatic carbocycles. The highest BCUT2D eigenvalue weighted by Gasteiger charge is 2.07. The van der Waals surface area contributed by atoms with Crippen molar-refractivity contribution in [1.82, 2.24) is 4.98 Å². The molecule has 2 nitrogen and oxygen atoms in total. The van der Waals surface area contributed by atoms with Gasteiger partial charge in [0.1, 0.15) is 5.82 Å². The van der Waals surface area contributed by atoms with Crippen LogP contribution in [0.2, 0.25) is 0 Å². The second-order valence-electron chi connectivity index (χ2n) is 5.44. The molecule has 0 atom stereocenters. The van der Waals surface area contributed by atoms with Gasteiger partial charge in [0.25, 0.3) is 0 Å². The molecule has 0 unspecified atom stereocenters. The summed E-state index contributed by atoms with van der Waals surface area (Å²) in [6.45, 7) is 6.80. The average Bonchev–Trinajstić information content (AvgIpc) is 2.47. The molecule has 20 heavy (non-hydrogen) atoms. The van der Waals surface area contributed by atoms with Gasteiger partial charge in [-0.3, -0.25) is 0 Å². The van der Waals surface area contributed by atoms with Crippen LogP contribution in [-0.2, 0) is 0 Å². The van der Waals surface area contributed by atoms with Gasteiger partial charge in [0.2, 0.25) is 0 Å². The van der Waals surface area contributed by atoms with Gasteiger partial charge in [-0.1, -0.05) is 52.4 Å². The molecule has 1 heterocycles. The number of halogens is 1. The Morgan fingerprint density at radius 3 is 1.95 bits per heavy atom. The van der Waals surface area contributed by atoms with Crippen LogP contribution in [0.1, 0.15) is 65.2 Å². The van der Waals surface area contributed by atoms with Crippen molar-refractivity contribution in [3.63, 3.8) is 0 Å².